The van der Waals surface area contributed by atoms with Crippen LogP contribution in [0.25, 0.3) is 0 Å². The van der Waals surface area contributed by atoms with Gasteiger partial charge in [0.25, 0.3) is 0 Å². The molecule has 0 aromatic heterocycles. The Hall–Kier alpha value is -2.89. The first kappa shape index (κ1) is 18.4. The fourth-order valence-electron chi connectivity index (χ4n) is 2.29. The number of benzene rings is 2. The zero-order valence-corrected chi connectivity index (χ0v) is 14.7. The van der Waals surface area contributed by atoms with Crippen LogP contribution in [0.15, 0.2) is 42.5 Å². The predicted molar refractivity (Wildman–Crippen MR) is 95.9 cm³/mol. The molecule has 0 saturated heterocycles. The lowest BCUT2D eigenvalue weighted by molar-refractivity contribution is -0.116. The lowest BCUT2D eigenvalue weighted by Gasteiger charge is -2.11. The van der Waals surface area contributed by atoms with Crippen LogP contribution in [-0.2, 0) is 4.79 Å². The van der Waals surface area contributed by atoms with Gasteiger partial charge in [-0.25, -0.2) is 0 Å². The second kappa shape index (κ2) is 9.42. The molecule has 6 heteroatoms. The van der Waals surface area contributed by atoms with E-state index in [9.17, 15) is 4.79 Å². The maximum Gasteiger partial charge on any atom is 0.224 e. The molecule has 0 saturated carbocycles. The van der Waals surface area contributed by atoms with E-state index in [1.807, 2.05) is 24.3 Å². The molecular weight excluding hydrogens is 322 g/mol. The number of nitrogens with one attached hydrogen (secondary N) is 1. The van der Waals surface area contributed by atoms with Gasteiger partial charge in [-0.3, -0.25) is 4.79 Å². The van der Waals surface area contributed by atoms with Crippen LogP contribution in [-0.4, -0.2) is 33.8 Å². The smallest absolute Gasteiger partial charge is 0.224 e. The standard InChI is InChI=1S/C19H23NO5/c1-22-15-7-4-5-8-17(15)25-12-6-9-19(21)20-14-10-11-16(23-2)18(13-14)24-3/h4-5,7-8,10-11,13H,6,9,12H2,1-3H3,(H,20,21). The Bertz CT molecular complexity index is 702. The van der Waals surface area contributed by atoms with Gasteiger partial charge in [-0.2, -0.15) is 0 Å². The molecular formula is C19H23NO5. The van der Waals surface area contributed by atoms with Gasteiger partial charge in [0.05, 0.1) is 27.9 Å². The van der Waals surface area contributed by atoms with Gasteiger partial charge < -0.3 is 24.3 Å². The molecule has 2 rings (SSSR count). The Labute approximate surface area is 147 Å². The van der Waals surface area contributed by atoms with Crippen molar-refractivity contribution >= 4 is 11.6 Å². The van der Waals surface area contributed by atoms with E-state index in [-0.39, 0.29) is 5.91 Å². The molecule has 134 valence electrons. The van der Waals surface area contributed by atoms with Crippen molar-refractivity contribution in [3.63, 3.8) is 0 Å². The molecule has 0 aliphatic carbocycles. The zero-order chi connectivity index (χ0) is 18.1. The normalized spacial score (nSPS) is 10.0. The highest BCUT2D eigenvalue weighted by molar-refractivity contribution is 5.91. The summed E-state index contributed by atoms with van der Waals surface area (Å²) in [6, 6.07) is 12.7. The summed E-state index contributed by atoms with van der Waals surface area (Å²) in [6.07, 6.45) is 0.945. The third kappa shape index (κ3) is 5.31. The summed E-state index contributed by atoms with van der Waals surface area (Å²) in [5.41, 5.74) is 0.660. The third-order valence-electron chi connectivity index (χ3n) is 3.54. The van der Waals surface area contributed by atoms with Gasteiger partial charge in [-0.15, -0.1) is 0 Å². The molecule has 1 amide bonds. The molecule has 0 spiro atoms. The number of carbonyl (C=O) groups is 1. The summed E-state index contributed by atoms with van der Waals surface area (Å²) in [5, 5.41) is 2.83. The van der Waals surface area contributed by atoms with Gasteiger partial charge in [0.2, 0.25) is 5.91 Å². The number of methoxy groups -OCH3 is 3. The van der Waals surface area contributed by atoms with E-state index in [4.69, 9.17) is 18.9 Å². The number of para-hydroxylation sites is 2. The maximum absolute atomic E-state index is 12.0. The molecule has 1 N–H and O–H groups in total. The minimum Gasteiger partial charge on any atom is -0.493 e. The van der Waals surface area contributed by atoms with Crippen molar-refractivity contribution in [3.05, 3.63) is 42.5 Å². The monoisotopic (exact) mass is 345 g/mol. The maximum atomic E-state index is 12.0. The number of ether oxygens (including phenoxy) is 4. The van der Waals surface area contributed by atoms with Crippen molar-refractivity contribution in [1.82, 2.24) is 0 Å². The van der Waals surface area contributed by atoms with Crippen LogP contribution in [0.4, 0.5) is 5.69 Å². The molecule has 2 aromatic rings. The average Bonchev–Trinajstić information content (AvgIpc) is 2.65. The summed E-state index contributed by atoms with van der Waals surface area (Å²) in [6.45, 7) is 0.430. The molecule has 0 aliphatic heterocycles. The largest absolute Gasteiger partial charge is 0.493 e. The van der Waals surface area contributed by atoms with Crippen molar-refractivity contribution in [3.8, 4) is 23.0 Å². The zero-order valence-electron chi connectivity index (χ0n) is 14.7. The van der Waals surface area contributed by atoms with Crippen LogP contribution < -0.4 is 24.3 Å². The Morgan fingerprint density at radius 2 is 1.52 bits per heavy atom. The van der Waals surface area contributed by atoms with Crippen LogP contribution in [0, 0.1) is 0 Å². The first-order valence-electron chi connectivity index (χ1n) is 7.95. The molecule has 0 aliphatic rings. The van der Waals surface area contributed by atoms with Crippen molar-refractivity contribution in [2.24, 2.45) is 0 Å². The molecule has 0 fully saturated rings. The predicted octanol–water partition coefficient (Wildman–Crippen LogP) is 3.51. The number of amides is 1. The van der Waals surface area contributed by atoms with Crippen LogP contribution >= 0.6 is 0 Å². The molecule has 0 heterocycles. The summed E-state index contributed by atoms with van der Waals surface area (Å²) < 4.78 is 21.3. The number of anilines is 1. The first-order valence-corrected chi connectivity index (χ1v) is 7.95. The average molecular weight is 345 g/mol. The minimum atomic E-state index is -0.0872. The summed E-state index contributed by atoms with van der Waals surface area (Å²) in [5.74, 6) is 2.45. The number of rotatable bonds is 9. The van der Waals surface area contributed by atoms with Crippen LogP contribution in [0.2, 0.25) is 0 Å². The number of hydrogen-bond donors (Lipinski definition) is 1. The van der Waals surface area contributed by atoms with Gasteiger partial charge in [0.1, 0.15) is 0 Å². The lowest BCUT2D eigenvalue weighted by Crippen LogP contribution is -2.13. The van der Waals surface area contributed by atoms with Crippen molar-refractivity contribution in [1.29, 1.82) is 0 Å². The highest BCUT2D eigenvalue weighted by atomic mass is 16.5. The van der Waals surface area contributed by atoms with Crippen molar-refractivity contribution < 1.29 is 23.7 Å². The molecule has 0 atom stereocenters. The molecule has 6 nitrogen and oxygen atoms in total. The van der Waals surface area contributed by atoms with E-state index in [1.165, 1.54) is 0 Å². The topological polar surface area (TPSA) is 66.0 Å². The highest BCUT2D eigenvalue weighted by Crippen LogP contribution is 2.30. The van der Waals surface area contributed by atoms with E-state index in [0.717, 1.165) is 0 Å². The molecule has 0 unspecified atom stereocenters. The first-order chi connectivity index (χ1) is 12.2. The number of carbonyl (C=O) groups excluding carboxylic acids is 1. The van der Waals surface area contributed by atoms with E-state index in [1.54, 1.807) is 39.5 Å². The van der Waals surface area contributed by atoms with Gasteiger partial charge in [0.15, 0.2) is 23.0 Å². The quantitative estimate of drug-likeness (QED) is 0.705. The van der Waals surface area contributed by atoms with Crippen molar-refractivity contribution in [2.45, 2.75) is 12.8 Å². The molecule has 0 radical (unpaired) electrons. The lowest BCUT2D eigenvalue weighted by atomic mass is 10.2. The van der Waals surface area contributed by atoms with Crippen LogP contribution in [0.3, 0.4) is 0 Å². The van der Waals surface area contributed by atoms with Gasteiger partial charge in [0, 0.05) is 18.2 Å². The van der Waals surface area contributed by atoms with Crippen LogP contribution in [0.1, 0.15) is 12.8 Å². The Morgan fingerprint density at radius 1 is 0.880 bits per heavy atom. The van der Waals surface area contributed by atoms with Gasteiger partial charge >= 0.3 is 0 Å². The third-order valence-corrected chi connectivity index (χ3v) is 3.54. The molecule has 25 heavy (non-hydrogen) atoms. The fraction of sp³-hybridized carbons (Fsp3) is 0.316. The highest BCUT2D eigenvalue weighted by Gasteiger charge is 2.08. The molecule has 2 aromatic carbocycles. The van der Waals surface area contributed by atoms with E-state index < -0.39 is 0 Å². The van der Waals surface area contributed by atoms with E-state index in [0.29, 0.717) is 48.1 Å². The summed E-state index contributed by atoms with van der Waals surface area (Å²) in [7, 11) is 4.72. The van der Waals surface area contributed by atoms with Crippen LogP contribution in [0.5, 0.6) is 23.0 Å². The number of hydrogen-bond acceptors (Lipinski definition) is 5. The van der Waals surface area contributed by atoms with E-state index in [2.05, 4.69) is 5.32 Å². The second-order valence-corrected chi connectivity index (χ2v) is 5.22. The molecule has 0 bridgehead atoms. The van der Waals surface area contributed by atoms with Gasteiger partial charge in [-0.1, -0.05) is 12.1 Å². The SMILES string of the molecule is COc1ccc(NC(=O)CCCOc2ccccc2OC)cc1OC. The van der Waals surface area contributed by atoms with E-state index >= 15 is 0 Å². The van der Waals surface area contributed by atoms with Gasteiger partial charge in [-0.05, 0) is 30.7 Å². The summed E-state index contributed by atoms with van der Waals surface area (Å²) >= 11 is 0. The second-order valence-electron chi connectivity index (χ2n) is 5.22. The Balaban J connectivity index is 1.79. The summed E-state index contributed by atoms with van der Waals surface area (Å²) in [4.78, 5) is 12.0. The Kier molecular flexibility index (Phi) is 6.95. The Morgan fingerprint density at radius 3 is 2.20 bits per heavy atom. The van der Waals surface area contributed by atoms with Crippen molar-refractivity contribution in [2.75, 3.05) is 33.3 Å². The fourth-order valence-corrected chi connectivity index (χ4v) is 2.29. The minimum absolute atomic E-state index is 0.0872.